The van der Waals surface area contributed by atoms with Crippen molar-refractivity contribution in [2.75, 3.05) is 11.1 Å². The van der Waals surface area contributed by atoms with Gasteiger partial charge in [0.25, 0.3) is 5.69 Å². The SMILES string of the molecule is O=C(CSc1nncs1)Nc1cc([N+](=O)[O-])ccc1F. The number of nitrogens with one attached hydrogen (secondary N) is 1. The van der Waals surface area contributed by atoms with Crippen LogP contribution in [0.1, 0.15) is 0 Å². The molecule has 1 aromatic heterocycles. The highest BCUT2D eigenvalue weighted by molar-refractivity contribution is 8.01. The minimum atomic E-state index is -0.732. The lowest BCUT2D eigenvalue weighted by atomic mass is 10.2. The van der Waals surface area contributed by atoms with E-state index in [4.69, 9.17) is 0 Å². The lowest BCUT2D eigenvalue weighted by Gasteiger charge is -2.05. The molecule has 0 unspecified atom stereocenters. The Bertz CT molecular complexity index is 635. The van der Waals surface area contributed by atoms with Gasteiger partial charge in [0.15, 0.2) is 4.34 Å². The van der Waals surface area contributed by atoms with Crippen LogP contribution in [-0.4, -0.2) is 26.8 Å². The Morgan fingerprint density at radius 3 is 3.00 bits per heavy atom. The lowest BCUT2D eigenvalue weighted by molar-refractivity contribution is -0.384. The minimum absolute atomic E-state index is 0.0112. The summed E-state index contributed by atoms with van der Waals surface area (Å²) in [5, 5.41) is 20.2. The van der Waals surface area contributed by atoms with E-state index in [0.29, 0.717) is 4.34 Å². The van der Waals surface area contributed by atoms with Crippen LogP contribution in [0.25, 0.3) is 0 Å². The first kappa shape index (κ1) is 14.3. The monoisotopic (exact) mass is 314 g/mol. The molecule has 0 spiro atoms. The second-order valence-corrected chi connectivity index (χ2v) is 5.52. The van der Waals surface area contributed by atoms with E-state index in [1.165, 1.54) is 16.8 Å². The maximum absolute atomic E-state index is 13.4. The summed E-state index contributed by atoms with van der Waals surface area (Å²) in [4.78, 5) is 21.6. The first-order valence-electron chi connectivity index (χ1n) is 5.19. The maximum atomic E-state index is 13.4. The van der Waals surface area contributed by atoms with Gasteiger partial charge in [0.05, 0.1) is 16.4 Å². The zero-order valence-corrected chi connectivity index (χ0v) is 11.4. The van der Waals surface area contributed by atoms with Crippen LogP contribution in [0, 0.1) is 15.9 Å². The number of thioether (sulfide) groups is 1. The molecule has 10 heteroatoms. The van der Waals surface area contributed by atoms with Gasteiger partial charge < -0.3 is 5.32 Å². The van der Waals surface area contributed by atoms with Gasteiger partial charge in [-0.25, -0.2) is 4.39 Å². The zero-order chi connectivity index (χ0) is 14.5. The van der Waals surface area contributed by atoms with Crippen molar-refractivity contribution in [1.29, 1.82) is 0 Å². The van der Waals surface area contributed by atoms with Crippen molar-refractivity contribution in [3.8, 4) is 0 Å². The first-order chi connectivity index (χ1) is 9.56. The topological polar surface area (TPSA) is 98.0 Å². The van der Waals surface area contributed by atoms with Crippen molar-refractivity contribution in [1.82, 2.24) is 10.2 Å². The molecular formula is C10H7FN4O3S2. The van der Waals surface area contributed by atoms with Crippen LogP contribution in [0.15, 0.2) is 28.0 Å². The van der Waals surface area contributed by atoms with Crippen molar-refractivity contribution in [2.45, 2.75) is 4.34 Å². The molecule has 0 aliphatic rings. The minimum Gasteiger partial charge on any atom is -0.323 e. The van der Waals surface area contributed by atoms with Gasteiger partial charge in [0.2, 0.25) is 5.91 Å². The molecule has 0 atom stereocenters. The number of rotatable bonds is 5. The third-order valence-electron chi connectivity index (χ3n) is 2.10. The molecule has 20 heavy (non-hydrogen) atoms. The van der Waals surface area contributed by atoms with Crippen LogP contribution in [0.3, 0.4) is 0 Å². The molecule has 0 bridgehead atoms. The number of hydrogen-bond acceptors (Lipinski definition) is 7. The summed E-state index contributed by atoms with van der Waals surface area (Å²) < 4.78 is 14.1. The number of nitrogens with zero attached hydrogens (tertiary/aromatic N) is 3. The molecular weight excluding hydrogens is 307 g/mol. The van der Waals surface area contributed by atoms with E-state index in [1.54, 1.807) is 0 Å². The number of nitro benzene ring substituents is 1. The van der Waals surface area contributed by atoms with Gasteiger partial charge in [-0.05, 0) is 6.07 Å². The molecule has 7 nitrogen and oxygen atoms in total. The maximum Gasteiger partial charge on any atom is 0.271 e. The Morgan fingerprint density at radius 1 is 1.55 bits per heavy atom. The van der Waals surface area contributed by atoms with Crippen LogP contribution in [0.2, 0.25) is 0 Å². The quantitative estimate of drug-likeness (QED) is 0.516. The molecule has 0 aliphatic heterocycles. The predicted octanol–water partition coefficient (Wildman–Crippen LogP) is 2.32. The zero-order valence-electron chi connectivity index (χ0n) is 9.78. The fourth-order valence-corrected chi connectivity index (χ4v) is 2.55. The van der Waals surface area contributed by atoms with Gasteiger partial charge in [-0.1, -0.05) is 23.1 Å². The number of anilines is 1. The normalized spacial score (nSPS) is 10.2. The standard InChI is InChI=1S/C10H7FN4O3S2/c11-7-2-1-6(15(17)18)3-8(7)13-9(16)4-19-10-14-12-5-20-10/h1-3,5H,4H2,(H,13,16). The third kappa shape index (κ3) is 3.71. The molecule has 2 rings (SSSR count). The Hall–Kier alpha value is -2.07. The summed E-state index contributed by atoms with van der Waals surface area (Å²) in [5.74, 6) is -1.20. The Morgan fingerprint density at radius 2 is 2.35 bits per heavy atom. The summed E-state index contributed by atoms with van der Waals surface area (Å²) >= 11 is 2.43. The van der Waals surface area contributed by atoms with Crippen molar-refractivity contribution in [3.05, 3.63) is 39.6 Å². The van der Waals surface area contributed by atoms with Crippen LogP contribution in [0.4, 0.5) is 15.8 Å². The average Bonchev–Trinajstić information content (AvgIpc) is 2.92. The molecule has 2 aromatic rings. The molecule has 1 heterocycles. The van der Waals surface area contributed by atoms with Gasteiger partial charge >= 0.3 is 0 Å². The van der Waals surface area contributed by atoms with E-state index in [2.05, 4.69) is 15.5 Å². The fourth-order valence-electron chi connectivity index (χ4n) is 1.26. The first-order valence-corrected chi connectivity index (χ1v) is 7.05. The smallest absolute Gasteiger partial charge is 0.271 e. The second kappa shape index (κ2) is 6.39. The van der Waals surface area contributed by atoms with E-state index >= 15 is 0 Å². The van der Waals surface area contributed by atoms with Gasteiger partial charge in [-0.15, -0.1) is 10.2 Å². The predicted molar refractivity (Wildman–Crippen MR) is 72.3 cm³/mol. The number of benzene rings is 1. The summed E-state index contributed by atoms with van der Waals surface area (Å²) in [6.45, 7) is 0. The van der Waals surface area contributed by atoms with E-state index < -0.39 is 16.6 Å². The Kier molecular flexibility index (Phi) is 4.58. The summed E-state index contributed by atoms with van der Waals surface area (Å²) in [6.07, 6.45) is 0. The highest BCUT2D eigenvalue weighted by atomic mass is 32.2. The van der Waals surface area contributed by atoms with Crippen molar-refractivity contribution < 1.29 is 14.1 Å². The number of nitro groups is 1. The highest BCUT2D eigenvalue weighted by Gasteiger charge is 2.13. The van der Waals surface area contributed by atoms with Crippen molar-refractivity contribution in [2.24, 2.45) is 0 Å². The summed E-state index contributed by atoms with van der Waals surface area (Å²) in [6, 6.07) is 2.94. The van der Waals surface area contributed by atoms with Crippen molar-refractivity contribution in [3.63, 3.8) is 0 Å². The van der Waals surface area contributed by atoms with Crippen LogP contribution in [0.5, 0.6) is 0 Å². The molecule has 0 radical (unpaired) electrons. The number of non-ortho nitro benzene ring substituents is 1. The molecule has 1 N–H and O–H groups in total. The number of carbonyl (C=O) groups is 1. The molecule has 104 valence electrons. The molecule has 0 fully saturated rings. The largest absolute Gasteiger partial charge is 0.323 e. The van der Waals surface area contributed by atoms with E-state index in [9.17, 15) is 19.3 Å². The van der Waals surface area contributed by atoms with Gasteiger partial charge in [-0.2, -0.15) is 0 Å². The number of hydrogen-bond donors (Lipinski definition) is 1. The number of amides is 1. The molecule has 1 aromatic carbocycles. The van der Waals surface area contributed by atoms with E-state index in [0.717, 1.165) is 30.0 Å². The van der Waals surface area contributed by atoms with Gasteiger partial charge in [0.1, 0.15) is 11.3 Å². The Balaban J connectivity index is 2.00. The van der Waals surface area contributed by atoms with Gasteiger partial charge in [0, 0.05) is 12.1 Å². The van der Waals surface area contributed by atoms with Crippen LogP contribution < -0.4 is 5.32 Å². The summed E-state index contributed by atoms with van der Waals surface area (Å²) in [7, 11) is 0. The number of aromatic nitrogens is 2. The van der Waals surface area contributed by atoms with Gasteiger partial charge in [-0.3, -0.25) is 14.9 Å². The molecule has 0 saturated heterocycles. The van der Waals surface area contributed by atoms with Crippen LogP contribution in [-0.2, 0) is 4.79 Å². The molecule has 0 aliphatic carbocycles. The van der Waals surface area contributed by atoms with E-state index in [-0.39, 0.29) is 17.1 Å². The number of halogens is 1. The molecule has 0 saturated carbocycles. The third-order valence-corrected chi connectivity index (χ3v) is 3.96. The molecule has 1 amide bonds. The van der Waals surface area contributed by atoms with Crippen molar-refractivity contribution >= 4 is 40.4 Å². The highest BCUT2D eigenvalue weighted by Crippen LogP contribution is 2.23. The lowest BCUT2D eigenvalue weighted by Crippen LogP contribution is -2.15. The Labute approximate surface area is 120 Å². The fraction of sp³-hybridized carbons (Fsp3) is 0.100. The van der Waals surface area contributed by atoms with E-state index in [1.807, 2.05) is 0 Å². The number of carbonyl (C=O) groups excluding carboxylic acids is 1. The summed E-state index contributed by atoms with van der Waals surface area (Å²) in [5.41, 5.74) is 1.01. The average molecular weight is 314 g/mol. The second-order valence-electron chi connectivity index (χ2n) is 3.46. The van der Waals surface area contributed by atoms with Crippen LogP contribution >= 0.6 is 23.1 Å².